The second kappa shape index (κ2) is 4.35. The minimum atomic E-state index is -0.266. The summed E-state index contributed by atoms with van der Waals surface area (Å²) in [4.78, 5) is 14.5. The number of nitrogens with zero attached hydrogens (tertiary/aromatic N) is 2. The number of morpholine rings is 1. The monoisotopic (exact) mass is 259 g/mol. The van der Waals surface area contributed by atoms with Gasteiger partial charge in [-0.15, -0.1) is 0 Å². The molecular formula is C14H17N3O2. The quantitative estimate of drug-likeness (QED) is 0.849. The molecule has 0 spiro atoms. The summed E-state index contributed by atoms with van der Waals surface area (Å²) in [5.74, 6) is 0.0461. The Morgan fingerprint density at radius 2 is 2.32 bits per heavy atom. The molecule has 0 atom stereocenters. The first-order chi connectivity index (χ1) is 9.08. The Bertz CT molecular complexity index is 618. The van der Waals surface area contributed by atoms with Crippen LogP contribution < -0.4 is 0 Å². The second-order valence-corrected chi connectivity index (χ2v) is 5.49. The van der Waals surface area contributed by atoms with Crippen LogP contribution in [0.4, 0.5) is 0 Å². The zero-order valence-corrected chi connectivity index (χ0v) is 11.1. The number of nitrogens with one attached hydrogen (secondary N) is 1. The number of aromatic amines is 1. The maximum absolute atomic E-state index is 12.6. The third-order valence-electron chi connectivity index (χ3n) is 3.58. The number of hydrogen-bond acceptors (Lipinski definition) is 3. The molecule has 1 amide bonds. The molecule has 100 valence electrons. The molecule has 5 nitrogen and oxygen atoms in total. The van der Waals surface area contributed by atoms with Crippen molar-refractivity contribution in [1.82, 2.24) is 15.1 Å². The van der Waals surface area contributed by atoms with E-state index in [0.29, 0.717) is 25.3 Å². The molecule has 1 aliphatic heterocycles. The highest BCUT2D eigenvalue weighted by atomic mass is 16.5. The van der Waals surface area contributed by atoms with Gasteiger partial charge in [-0.25, -0.2) is 0 Å². The van der Waals surface area contributed by atoms with Crippen molar-refractivity contribution < 1.29 is 9.53 Å². The smallest absolute Gasteiger partial charge is 0.254 e. The summed E-state index contributed by atoms with van der Waals surface area (Å²) in [6.45, 7) is 5.86. The summed E-state index contributed by atoms with van der Waals surface area (Å²) < 4.78 is 5.45. The molecule has 5 heteroatoms. The molecule has 3 rings (SSSR count). The van der Waals surface area contributed by atoms with E-state index in [9.17, 15) is 4.79 Å². The van der Waals surface area contributed by atoms with Crippen molar-refractivity contribution in [3.05, 3.63) is 30.0 Å². The molecule has 2 heterocycles. The number of carbonyl (C=O) groups excluding carboxylic acids is 1. The summed E-state index contributed by atoms with van der Waals surface area (Å²) in [6.07, 6.45) is 1.75. The SMILES string of the molecule is CC1(C)COCCN1C(=O)c1ccc2cn[nH]c2c1. The third kappa shape index (κ3) is 2.10. The molecule has 2 aromatic rings. The third-order valence-corrected chi connectivity index (χ3v) is 3.58. The summed E-state index contributed by atoms with van der Waals surface area (Å²) >= 11 is 0. The number of amides is 1. The Morgan fingerprint density at radius 3 is 3.11 bits per heavy atom. The molecular weight excluding hydrogens is 242 g/mol. The lowest BCUT2D eigenvalue weighted by atomic mass is 10.0. The van der Waals surface area contributed by atoms with E-state index in [-0.39, 0.29) is 11.4 Å². The highest BCUT2D eigenvalue weighted by molar-refractivity contribution is 5.98. The van der Waals surface area contributed by atoms with Crippen molar-refractivity contribution >= 4 is 16.8 Å². The van der Waals surface area contributed by atoms with Crippen molar-refractivity contribution in [1.29, 1.82) is 0 Å². The molecule has 0 radical (unpaired) electrons. The molecule has 0 unspecified atom stereocenters. The Morgan fingerprint density at radius 1 is 1.47 bits per heavy atom. The summed E-state index contributed by atoms with van der Waals surface area (Å²) in [5, 5.41) is 7.88. The molecule has 1 saturated heterocycles. The van der Waals surface area contributed by atoms with Gasteiger partial charge in [-0.1, -0.05) is 6.07 Å². The standard InChI is InChI=1S/C14H17N3O2/c1-14(2)9-19-6-5-17(14)13(18)10-3-4-11-8-15-16-12(11)7-10/h3-4,7-8H,5-6,9H2,1-2H3,(H,15,16). The number of benzene rings is 1. The highest BCUT2D eigenvalue weighted by Gasteiger charge is 2.34. The maximum Gasteiger partial charge on any atom is 0.254 e. The van der Waals surface area contributed by atoms with Gasteiger partial charge in [0.05, 0.1) is 30.5 Å². The van der Waals surface area contributed by atoms with Crippen LogP contribution in [0.25, 0.3) is 10.9 Å². The van der Waals surface area contributed by atoms with E-state index in [2.05, 4.69) is 10.2 Å². The van der Waals surface area contributed by atoms with Gasteiger partial charge in [0.2, 0.25) is 0 Å². The van der Waals surface area contributed by atoms with Crippen LogP contribution in [0, 0.1) is 0 Å². The average molecular weight is 259 g/mol. The lowest BCUT2D eigenvalue weighted by molar-refractivity contribution is -0.0370. The molecule has 0 aliphatic carbocycles. The van der Waals surface area contributed by atoms with Gasteiger partial charge < -0.3 is 9.64 Å². The molecule has 0 saturated carbocycles. The van der Waals surface area contributed by atoms with Crippen molar-refractivity contribution in [2.24, 2.45) is 0 Å². The van der Waals surface area contributed by atoms with Crippen molar-refractivity contribution in [2.75, 3.05) is 19.8 Å². The van der Waals surface area contributed by atoms with E-state index in [1.807, 2.05) is 36.9 Å². The summed E-state index contributed by atoms with van der Waals surface area (Å²) in [6, 6.07) is 5.63. The molecule has 1 fully saturated rings. The number of carbonyl (C=O) groups is 1. The van der Waals surface area contributed by atoms with Crippen molar-refractivity contribution in [3.63, 3.8) is 0 Å². The van der Waals surface area contributed by atoms with Gasteiger partial charge in [-0.3, -0.25) is 9.89 Å². The van der Waals surface area contributed by atoms with Crippen LogP contribution in [0.5, 0.6) is 0 Å². The van der Waals surface area contributed by atoms with Crippen LogP contribution in [-0.2, 0) is 4.74 Å². The number of hydrogen-bond donors (Lipinski definition) is 1. The van der Waals surface area contributed by atoms with Crippen molar-refractivity contribution in [2.45, 2.75) is 19.4 Å². The fraction of sp³-hybridized carbons (Fsp3) is 0.429. The van der Waals surface area contributed by atoms with Gasteiger partial charge in [0.1, 0.15) is 0 Å². The largest absolute Gasteiger partial charge is 0.377 e. The van der Waals surface area contributed by atoms with E-state index in [0.717, 1.165) is 10.9 Å². The fourth-order valence-electron chi connectivity index (χ4n) is 2.46. The Labute approximate surface area is 111 Å². The van der Waals surface area contributed by atoms with E-state index in [1.54, 1.807) is 6.20 Å². The molecule has 1 aliphatic rings. The van der Waals surface area contributed by atoms with Gasteiger partial charge in [0.25, 0.3) is 5.91 Å². The number of ether oxygens (including phenoxy) is 1. The van der Waals surface area contributed by atoms with E-state index in [1.165, 1.54) is 0 Å². The van der Waals surface area contributed by atoms with Gasteiger partial charge >= 0.3 is 0 Å². The topological polar surface area (TPSA) is 58.2 Å². The lowest BCUT2D eigenvalue weighted by Crippen LogP contribution is -2.55. The highest BCUT2D eigenvalue weighted by Crippen LogP contribution is 2.23. The number of H-pyrrole nitrogens is 1. The van der Waals surface area contributed by atoms with Gasteiger partial charge in [0, 0.05) is 17.5 Å². The van der Waals surface area contributed by atoms with Crippen molar-refractivity contribution in [3.8, 4) is 0 Å². The first-order valence-electron chi connectivity index (χ1n) is 6.41. The second-order valence-electron chi connectivity index (χ2n) is 5.49. The van der Waals surface area contributed by atoms with Crippen LogP contribution in [0.15, 0.2) is 24.4 Å². The number of aromatic nitrogens is 2. The van der Waals surface area contributed by atoms with Crippen LogP contribution >= 0.6 is 0 Å². The van der Waals surface area contributed by atoms with Crippen LogP contribution in [0.3, 0.4) is 0 Å². The first kappa shape index (κ1) is 12.2. The molecule has 1 aromatic carbocycles. The maximum atomic E-state index is 12.6. The first-order valence-corrected chi connectivity index (χ1v) is 6.41. The Hall–Kier alpha value is -1.88. The molecule has 1 N–H and O–H groups in total. The zero-order chi connectivity index (χ0) is 13.5. The fourth-order valence-corrected chi connectivity index (χ4v) is 2.46. The van der Waals surface area contributed by atoms with E-state index in [4.69, 9.17) is 4.74 Å². The Balaban J connectivity index is 1.94. The Kier molecular flexibility index (Phi) is 2.78. The predicted octanol–water partition coefficient (Wildman–Crippen LogP) is 1.81. The van der Waals surface area contributed by atoms with E-state index < -0.39 is 0 Å². The molecule has 19 heavy (non-hydrogen) atoms. The number of rotatable bonds is 1. The van der Waals surface area contributed by atoms with Gasteiger partial charge in [-0.05, 0) is 26.0 Å². The predicted molar refractivity (Wildman–Crippen MR) is 72.0 cm³/mol. The van der Waals surface area contributed by atoms with Crippen LogP contribution in [0.2, 0.25) is 0 Å². The minimum Gasteiger partial charge on any atom is -0.377 e. The van der Waals surface area contributed by atoms with Gasteiger partial charge in [0.15, 0.2) is 0 Å². The van der Waals surface area contributed by atoms with Gasteiger partial charge in [-0.2, -0.15) is 5.10 Å². The molecule has 1 aromatic heterocycles. The molecule has 0 bridgehead atoms. The van der Waals surface area contributed by atoms with Crippen LogP contribution in [0.1, 0.15) is 24.2 Å². The summed E-state index contributed by atoms with van der Waals surface area (Å²) in [5.41, 5.74) is 1.31. The summed E-state index contributed by atoms with van der Waals surface area (Å²) in [7, 11) is 0. The average Bonchev–Trinajstić information content (AvgIpc) is 2.84. The van der Waals surface area contributed by atoms with Crippen LogP contribution in [-0.4, -0.2) is 46.3 Å². The van der Waals surface area contributed by atoms with E-state index >= 15 is 0 Å². The normalized spacial score (nSPS) is 18.7. The lowest BCUT2D eigenvalue weighted by Gasteiger charge is -2.42. The minimum absolute atomic E-state index is 0.0461. The number of fused-ring (bicyclic) bond motifs is 1. The zero-order valence-electron chi connectivity index (χ0n) is 11.1.